The Morgan fingerprint density at radius 2 is 2.21 bits per heavy atom. The molecular weight excluding hydrogens is 268 g/mol. The van der Waals surface area contributed by atoms with Crippen LogP contribution in [0, 0.1) is 0 Å². The second-order valence-corrected chi connectivity index (χ2v) is 4.23. The molecule has 19 heavy (non-hydrogen) atoms. The Morgan fingerprint density at radius 3 is 2.84 bits per heavy atom. The van der Waals surface area contributed by atoms with Gasteiger partial charge in [-0.2, -0.15) is 0 Å². The first-order chi connectivity index (χ1) is 9.11. The Morgan fingerprint density at radius 1 is 1.42 bits per heavy atom. The first kappa shape index (κ1) is 13.3. The van der Waals surface area contributed by atoms with Gasteiger partial charge in [0, 0.05) is 17.8 Å². The maximum absolute atomic E-state index is 12.0. The first-order valence-electron chi connectivity index (χ1n) is 5.49. The van der Waals surface area contributed by atoms with Crippen LogP contribution in [0.25, 0.3) is 0 Å². The van der Waals surface area contributed by atoms with E-state index in [2.05, 4.69) is 4.98 Å². The third kappa shape index (κ3) is 3.00. The highest BCUT2D eigenvalue weighted by molar-refractivity contribution is 6.32. The molecule has 0 aliphatic rings. The van der Waals surface area contributed by atoms with E-state index >= 15 is 0 Å². The SMILES string of the molecule is COc1ccc(C(=O)Cn2cnccc2=O)cc1Cl. The highest BCUT2D eigenvalue weighted by Gasteiger charge is 2.10. The molecule has 6 heteroatoms. The molecule has 0 saturated carbocycles. The van der Waals surface area contributed by atoms with Gasteiger partial charge in [-0.05, 0) is 18.2 Å². The van der Waals surface area contributed by atoms with Crippen molar-refractivity contribution < 1.29 is 9.53 Å². The van der Waals surface area contributed by atoms with Crippen LogP contribution >= 0.6 is 11.6 Å². The number of aromatic nitrogens is 2. The second kappa shape index (κ2) is 5.67. The van der Waals surface area contributed by atoms with Crippen LogP contribution in [0.4, 0.5) is 0 Å². The molecule has 1 aromatic heterocycles. The third-order valence-corrected chi connectivity index (χ3v) is 2.88. The van der Waals surface area contributed by atoms with Gasteiger partial charge in [0.2, 0.25) is 0 Å². The Bertz CT molecular complexity index is 667. The van der Waals surface area contributed by atoms with Crippen LogP contribution in [0.3, 0.4) is 0 Å². The predicted molar refractivity (Wildman–Crippen MR) is 70.8 cm³/mol. The highest BCUT2D eigenvalue weighted by Crippen LogP contribution is 2.25. The van der Waals surface area contributed by atoms with Gasteiger partial charge in [0.15, 0.2) is 5.78 Å². The lowest BCUT2D eigenvalue weighted by Crippen LogP contribution is -2.23. The standard InChI is InChI=1S/C13H11ClN2O3/c1-19-12-3-2-9(6-10(12)14)11(17)7-16-8-15-5-4-13(16)18/h2-6,8H,7H2,1H3. The average Bonchev–Trinajstić information content (AvgIpc) is 2.41. The summed E-state index contributed by atoms with van der Waals surface area (Å²) < 4.78 is 6.25. The highest BCUT2D eigenvalue weighted by atomic mass is 35.5. The van der Waals surface area contributed by atoms with Gasteiger partial charge in [0.05, 0.1) is 25.0 Å². The van der Waals surface area contributed by atoms with E-state index in [4.69, 9.17) is 16.3 Å². The fraction of sp³-hybridized carbons (Fsp3) is 0.154. The largest absolute Gasteiger partial charge is 0.495 e. The van der Waals surface area contributed by atoms with Crippen LogP contribution in [0.1, 0.15) is 10.4 Å². The summed E-state index contributed by atoms with van der Waals surface area (Å²) in [5, 5.41) is 0.354. The molecule has 5 nitrogen and oxygen atoms in total. The molecule has 0 aliphatic heterocycles. The number of ketones is 1. The van der Waals surface area contributed by atoms with Gasteiger partial charge in [-0.15, -0.1) is 0 Å². The quantitative estimate of drug-likeness (QED) is 0.800. The Kier molecular flexibility index (Phi) is 3.97. The lowest BCUT2D eigenvalue weighted by Gasteiger charge is -2.06. The van der Waals surface area contributed by atoms with Gasteiger partial charge in [-0.3, -0.25) is 14.2 Å². The lowest BCUT2D eigenvalue weighted by molar-refractivity contribution is 0.0970. The van der Waals surface area contributed by atoms with E-state index in [1.54, 1.807) is 12.1 Å². The van der Waals surface area contributed by atoms with Crippen molar-refractivity contribution >= 4 is 17.4 Å². The number of Topliss-reactive ketones (excluding diaryl/α,β-unsaturated/α-hetero) is 1. The molecule has 0 fully saturated rings. The summed E-state index contributed by atoms with van der Waals surface area (Å²) in [7, 11) is 1.50. The predicted octanol–water partition coefficient (Wildman–Crippen LogP) is 1.79. The Balaban J connectivity index is 2.23. The Hall–Kier alpha value is -2.14. The number of nitrogens with zero attached hydrogens (tertiary/aromatic N) is 2. The zero-order valence-corrected chi connectivity index (χ0v) is 10.9. The van der Waals surface area contributed by atoms with Crippen LogP contribution in [0.5, 0.6) is 5.75 Å². The van der Waals surface area contributed by atoms with E-state index in [1.807, 2.05) is 0 Å². The summed E-state index contributed by atoms with van der Waals surface area (Å²) >= 11 is 5.95. The maximum atomic E-state index is 12.0. The second-order valence-electron chi connectivity index (χ2n) is 3.82. The van der Waals surface area contributed by atoms with Gasteiger partial charge in [-0.1, -0.05) is 11.6 Å². The topological polar surface area (TPSA) is 61.2 Å². The number of hydrogen-bond donors (Lipinski definition) is 0. The van der Waals surface area contributed by atoms with E-state index < -0.39 is 0 Å². The summed E-state index contributed by atoms with van der Waals surface area (Å²) in [6, 6.07) is 6.04. The molecule has 0 saturated heterocycles. The van der Waals surface area contributed by atoms with Crippen molar-refractivity contribution in [1.29, 1.82) is 0 Å². The molecule has 1 heterocycles. The van der Waals surface area contributed by atoms with Crippen molar-refractivity contribution in [2.24, 2.45) is 0 Å². The van der Waals surface area contributed by atoms with Crippen LogP contribution in [-0.2, 0) is 6.54 Å². The molecule has 2 rings (SSSR count). The zero-order chi connectivity index (χ0) is 13.8. The summed E-state index contributed by atoms with van der Waals surface area (Å²) in [4.78, 5) is 27.3. The minimum Gasteiger partial charge on any atom is -0.495 e. The molecule has 1 aromatic carbocycles. The van der Waals surface area contributed by atoms with Gasteiger partial charge in [0.1, 0.15) is 5.75 Å². The van der Waals surface area contributed by atoms with Crippen LogP contribution < -0.4 is 10.3 Å². The molecule has 0 unspecified atom stereocenters. The molecule has 0 N–H and O–H groups in total. The van der Waals surface area contributed by atoms with Crippen LogP contribution in [0.2, 0.25) is 5.02 Å². The summed E-state index contributed by atoms with van der Waals surface area (Å²) in [5.41, 5.74) is 0.143. The van der Waals surface area contributed by atoms with Gasteiger partial charge in [-0.25, -0.2) is 4.98 Å². The van der Waals surface area contributed by atoms with Crippen molar-refractivity contribution in [2.75, 3.05) is 7.11 Å². The molecule has 0 radical (unpaired) electrons. The number of carbonyl (C=O) groups is 1. The fourth-order valence-corrected chi connectivity index (χ4v) is 1.84. The number of halogens is 1. The van der Waals surface area contributed by atoms with Crippen molar-refractivity contribution in [2.45, 2.75) is 6.54 Å². The van der Waals surface area contributed by atoms with Crippen LogP contribution in [-0.4, -0.2) is 22.4 Å². The van der Waals surface area contributed by atoms with Crippen molar-refractivity contribution in [1.82, 2.24) is 9.55 Å². The first-order valence-corrected chi connectivity index (χ1v) is 5.87. The Labute approximate surface area is 114 Å². The molecule has 98 valence electrons. The minimum absolute atomic E-state index is 0.0741. The zero-order valence-electron chi connectivity index (χ0n) is 10.2. The summed E-state index contributed by atoms with van der Waals surface area (Å²) in [5.74, 6) is 0.274. The lowest BCUT2D eigenvalue weighted by atomic mass is 10.1. The van der Waals surface area contributed by atoms with Gasteiger partial charge in [0.25, 0.3) is 5.56 Å². The number of methoxy groups -OCH3 is 1. The van der Waals surface area contributed by atoms with Gasteiger partial charge < -0.3 is 4.74 Å². The van der Waals surface area contributed by atoms with E-state index in [-0.39, 0.29) is 17.9 Å². The molecule has 2 aromatic rings. The number of rotatable bonds is 4. The van der Waals surface area contributed by atoms with E-state index in [9.17, 15) is 9.59 Å². The molecule has 0 amide bonds. The van der Waals surface area contributed by atoms with Crippen molar-refractivity contribution in [3.05, 3.63) is 57.7 Å². The average molecular weight is 279 g/mol. The number of carbonyl (C=O) groups excluding carboxylic acids is 1. The van der Waals surface area contributed by atoms with E-state index in [1.165, 1.54) is 36.3 Å². The molecule has 0 spiro atoms. The summed E-state index contributed by atoms with van der Waals surface area (Å²) in [6.45, 7) is -0.0741. The molecule has 0 atom stereocenters. The molecule has 0 aliphatic carbocycles. The molecule has 0 bridgehead atoms. The smallest absolute Gasteiger partial charge is 0.253 e. The number of hydrogen-bond acceptors (Lipinski definition) is 4. The fourth-order valence-electron chi connectivity index (χ4n) is 1.58. The van der Waals surface area contributed by atoms with Crippen molar-refractivity contribution in [3.63, 3.8) is 0 Å². The maximum Gasteiger partial charge on any atom is 0.253 e. The third-order valence-electron chi connectivity index (χ3n) is 2.58. The number of benzene rings is 1. The minimum atomic E-state index is -0.275. The van der Waals surface area contributed by atoms with E-state index in [0.717, 1.165) is 0 Å². The monoisotopic (exact) mass is 278 g/mol. The molecular formula is C13H11ClN2O3. The summed E-state index contributed by atoms with van der Waals surface area (Å²) in [6.07, 6.45) is 2.71. The van der Waals surface area contributed by atoms with E-state index in [0.29, 0.717) is 16.3 Å². The van der Waals surface area contributed by atoms with Gasteiger partial charge >= 0.3 is 0 Å². The normalized spacial score (nSPS) is 10.2. The van der Waals surface area contributed by atoms with Crippen molar-refractivity contribution in [3.8, 4) is 5.75 Å². The van der Waals surface area contributed by atoms with Crippen LogP contribution in [0.15, 0.2) is 41.6 Å². The number of ether oxygens (including phenoxy) is 1.